The minimum Gasteiger partial charge on any atom is -0.338 e. The highest BCUT2D eigenvalue weighted by Crippen LogP contribution is 2.13. The molecular formula is C15H19ClN2O3S. The molecule has 1 aromatic carbocycles. The van der Waals surface area contributed by atoms with Gasteiger partial charge in [0.15, 0.2) is 0 Å². The molecule has 1 atom stereocenters. The lowest BCUT2D eigenvalue weighted by atomic mass is 10.1. The van der Waals surface area contributed by atoms with E-state index in [0.29, 0.717) is 18.1 Å². The fraction of sp³-hybridized carbons (Fsp3) is 0.400. The first-order valence-electron chi connectivity index (χ1n) is 7.03. The van der Waals surface area contributed by atoms with Gasteiger partial charge in [0.25, 0.3) is 0 Å². The van der Waals surface area contributed by atoms with Crippen LogP contribution in [0, 0.1) is 0 Å². The van der Waals surface area contributed by atoms with Crippen molar-refractivity contribution in [2.24, 2.45) is 0 Å². The van der Waals surface area contributed by atoms with E-state index >= 15 is 0 Å². The van der Waals surface area contributed by atoms with Crippen LogP contribution in [0.1, 0.15) is 18.4 Å². The molecule has 120 valence electrons. The Kier molecular flexibility index (Phi) is 5.61. The number of rotatable bonds is 4. The molecule has 1 heterocycles. The fourth-order valence-electron chi connectivity index (χ4n) is 2.42. The second-order valence-corrected chi connectivity index (χ2v) is 7.61. The topological polar surface area (TPSA) is 66.5 Å². The number of carbonyl (C=O) groups is 1. The zero-order valence-electron chi connectivity index (χ0n) is 12.3. The van der Waals surface area contributed by atoms with Crippen molar-refractivity contribution in [2.45, 2.75) is 18.9 Å². The number of carbonyl (C=O) groups excluding carboxylic acids is 1. The van der Waals surface area contributed by atoms with Gasteiger partial charge in [0, 0.05) is 30.2 Å². The van der Waals surface area contributed by atoms with Crippen LogP contribution in [0.25, 0.3) is 6.08 Å². The van der Waals surface area contributed by atoms with E-state index in [-0.39, 0.29) is 11.9 Å². The Morgan fingerprint density at radius 2 is 2.05 bits per heavy atom. The van der Waals surface area contributed by atoms with Crippen molar-refractivity contribution in [3.8, 4) is 0 Å². The van der Waals surface area contributed by atoms with Gasteiger partial charge in [-0.3, -0.25) is 4.79 Å². The summed E-state index contributed by atoms with van der Waals surface area (Å²) < 4.78 is 25.1. The van der Waals surface area contributed by atoms with Crippen LogP contribution >= 0.6 is 11.6 Å². The molecule has 5 nitrogen and oxygen atoms in total. The summed E-state index contributed by atoms with van der Waals surface area (Å²) in [7, 11) is -3.25. The summed E-state index contributed by atoms with van der Waals surface area (Å²) in [4.78, 5) is 13.9. The maximum absolute atomic E-state index is 12.2. The van der Waals surface area contributed by atoms with E-state index in [1.54, 1.807) is 23.1 Å². The van der Waals surface area contributed by atoms with Crippen LogP contribution < -0.4 is 4.72 Å². The first-order valence-corrected chi connectivity index (χ1v) is 9.30. The van der Waals surface area contributed by atoms with Gasteiger partial charge in [0.05, 0.1) is 6.26 Å². The maximum Gasteiger partial charge on any atom is 0.246 e. The number of piperidine rings is 1. The van der Waals surface area contributed by atoms with Crippen molar-refractivity contribution >= 4 is 33.6 Å². The Bertz CT molecular complexity index is 656. The predicted molar refractivity (Wildman–Crippen MR) is 88.1 cm³/mol. The first-order chi connectivity index (χ1) is 10.3. The molecule has 1 aliphatic heterocycles. The molecule has 1 saturated heterocycles. The van der Waals surface area contributed by atoms with Gasteiger partial charge in [-0.05, 0) is 36.6 Å². The smallest absolute Gasteiger partial charge is 0.246 e. The fourth-order valence-corrected chi connectivity index (χ4v) is 3.35. The molecule has 1 amide bonds. The monoisotopic (exact) mass is 342 g/mol. The third kappa shape index (κ3) is 5.44. The van der Waals surface area contributed by atoms with Crippen molar-refractivity contribution in [3.05, 3.63) is 40.9 Å². The predicted octanol–water partition coefficient (Wildman–Crippen LogP) is 1.89. The Balaban J connectivity index is 1.95. The summed E-state index contributed by atoms with van der Waals surface area (Å²) in [6, 6.07) is 6.97. The van der Waals surface area contributed by atoms with E-state index in [1.807, 2.05) is 12.1 Å². The highest BCUT2D eigenvalue weighted by atomic mass is 35.5. The molecule has 7 heteroatoms. The summed E-state index contributed by atoms with van der Waals surface area (Å²) in [6.07, 6.45) is 5.90. The highest BCUT2D eigenvalue weighted by molar-refractivity contribution is 7.88. The molecular weight excluding hydrogens is 324 g/mol. The van der Waals surface area contributed by atoms with Crippen molar-refractivity contribution < 1.29 is 13.2 Å². The lowest BCUT2D eigenvalue weighted by molar-refractivity contribution is -0.127. The zero-order chi connectivity index (χ0) is 16.2. The molecule has 1 N–H and O–H groups in total. The van der Waals surface area contributed by atoms with Gasteiger partial charge in [-0.15, -0.1) is 0 Å². The SMILES string of the molecule is CS(=O)(=O)N[C@@H]1CCCN(C(=O)/C=C/c2ccc(Cl)cc2)C1. The first kappa shape index (κ1) is 17.0. The molecule has 2 rings (SSSR count). The van der Waals surface area contributed by atoms with Gasteiger partial charge < -0.3 is 4.90 Å². The second kappa shape index (κ2) is 7.26. The van der Waals surface area contributed by atoms with Crippen LogP contribution in [0.4, 0.5) is 0 Å². The van der Waals surface area contributed by atoms with Crippen LogP contribution in [0.15, 0.2) is 30.3 Å². The molecule has 0 saturated carbocycles. The van der Waals surface area contributed by atoms with Crippen LogP contribution in [-0.4, -0.2) is 44.6 Å². The zero-order valence-corrected chi connectivity index (χ0v) is 13.9. The van der Waals surface area contributed by atoms with Crippen molar-refractivity contribution in [2.75, 3.05) is 19.3 Å². The minimum absolute atomic E-state index is 0.116. The lowest BCUT2D eigenvalue weighted by Gasteiger charge is -2.32. The van der Waals surface area contributed by atoms with E-state index < -0.39 is 10.0 Å². The average Bonchev–Trinajstić information content (AvgIpc) is 2.45. The number of nitrogens with one attached hydrogen (secondary N) is 1. The second-order valence-electron chi connectivity index (χ2n) is 5.40. The van der Waals surface area contributed by atoms with Crippen molar-refractivity contribution in [3.63, 3.8) is 0 Å². The molecule has 22 heavy (non-hydrogen) atoms. The summed E-state index contributed by atoms with van der Waals surface area (Å²) in [5.74, 6) is -0.116. The number of benzene rings is 1. The number of halogens is 1. The van der Waals surface area contributed by atoms with E-state index in [4.69, 9.17) is 11.6 Å². The van der Waals surface area contributed by atoms with Crippen LogP contribution in [0.2, 0.25) is 5.02 Å². The highest BCUT2D eigenvalue weighted by Gasteiger charge is 2.24. The lowest BCUT2D eigenvalue weighted by Crippen LogP contribution is -2.48. The van der Waals surface area contributed by atoms with E-state index in [1.165, 1.54) is 6.08 Å². The summed E-state index contributed by atoms with van der Waals surface area (Å²) in [5.41, 5.74) is 0.889. The van der Waals surface area contributed by atoms with Gasteiger partial charge in [-0.25, -0.2) is 13.1 Å². The normalized spacial score (nSPS) is 19.5. The van der Waals surface area contributed by atoms with E-state index in [9.17, 15) is 13.2 Å². The Morgan fingerprint density at radius 1 is 1.36 bits per heavy atom. The minimum atomic E-state index is -3.25. The number of hydrogen-bond acceptors (Lipinski definition) is 3. The Morgan fingerprint density at radius 3 is 2.68 bits per heavy atom. The van der Waals surface area contributed by atoms with Crippen molar-refractivity contribution in [1.29, 1.82) is 0 Å². The van der Waals surface area contributed by atoms with Crippen LogP contribution in [0.3, 0.4) is 0 Å². The molecule has 0 aliphatic carbocycles. The van der Waals surface area contributed by atoms with Gasteiger partial charge >= 0.3 is 0 Å². The number of sulfonamides is 1. The molecule has 0 bridgehead atoms. The van der Waals surface area contributed by atoms with Crippen LogP contribution in [0.5, 0.6) is 0 Å². The quantitative estimate of drug-likeness (QED) is 0.850. The van der Waals surface area contributed by atoms with E-state index in [2.05, 4.69) is 4.72 Å². The number of likely N-dealkylation sites (tertiary alicyclic amines) is 1. The standard InChI is InChI=1S/C15H19ClN2O3S/c1-22(20,21)17-14-3-2-10-18(11-14)15(19)9-6-12-4-7-13(16)8-5-12/h4-9,14,17H,2-3,10-11H2,1H3/b9-6+/t14-/m1/s1. The molecule has 0 radical (unpaired) electrons. The molecule has 0 unspecified atom stereocenters. The summed E-state index contributed by atoms with van der Waals surface area (Å²) in [6.45, 7) is 1.04. The summed E-state index contributed by atoms with van der Waals surface area (Å²) in [5, 5.41) is 0.647. The molecule has 0 spiro atoms. The summed E-state index contributed by atoms with van der Waals surface area (Å²) >= 11 is 5.81. The van der Waals surface area contributed by atoms with Crippen LogP contribution in [-0.2, 0) is 14.8 Å². The molecule has 1 aromatic rings. The number of amides is 1. The van der Waals surface area contributed by atoms with Gasteiger partial charge in [-0.2, -0.15) is 0 Å². The number of nitrogens with zero attached hydrogens (tertiary/aromatic N) is 1. The van der Waals surface area contributed by atoms with Gasteiger partial charge in [-0.1, -0.05) is 23.7 Å². The third-order valence-corrected chi connectivity index (χ3v) is 4.42. The largest absolute Gasteiger partial charge is 0.338 e. The Hall–Kier alpha value is -1.37. The number of hydrogen-bond donors (Lipinski definition) is 1. The van der Waals surface area contributed by atoms with Gasteiger partial charge in [0.1, 0.15) is 0 Å². The molecule has 1 aliphatic rings. The van der Waals surface area contributed by atoms with E-state index in [0.717, 1.165) is 24.7 Å². The Labute approximate surface area is 136 Å². The third-order valence-electron chi connectivity index (χ3n) is 3.40. The maximum atomic E-state index is 12.2. The molecule has 0 aromatic heterocycles. The molecule has 1 fully saturated rings. The van der Waals surface area contributed by atoms with Crippen molar-refractivity contribution in [1.82, 2.24) is 9.62 Å². The van der Waals surface area contributed by atoms with Gasteiger partial charge in [0.2, 0.25) is 15.9 Å². The average molecular weight is 343 g/mol.